The van der Waals surface area contributed by atoms with E-state index in [4.69, 9.17) is 4.74 Å². The summed E-state index contributed by atoms with van der Waals surface area (Å²) in [6.45, 7) is 2.72. The van der Waals surface area contributed by atoms with Gasteiger partial charge in [-0.2, -0.15) is 0 Å². The third kappa shape index (κ3) is 4.98. The van der Waals surface area contributed by atoms with E-state index in [9.17, 15) is 14.4 Å². The number of hydrogen-bond acceptors (Lipinski definition) is 5. The van der Waals surface area contributed by atoms with Crippen molar-refractivity contribution in [3.05, 3.63) is 0 Å². The average Bonchev–Trinajstić information content (AvgIpc) is 2.95. The summed E-state index contributed by atoms with van der Waals surface area (Å²) < 4.78 is 9.78. The van der Waals surface area contributed by atoms with Gasteiger partial charge in [0.15, 0.2) is 0 Å². The quantitative estimate of drug-likeness (QED) is 0.679. The van der Waals surface area contributed by atoms with Crippen molar-refractivity contribution in [3.8, 4) is 0 Å². The van der Waals surface area contributed by atoms with E-state index in [-0.39, 0.29) is 30.4 Å². The Balaban J connectivity index is 2.50. The maximum atomic E-state index is 11.9. The zero-order valence-corrected chi connectivity index (χ0v) is 11.4. The highest BCUT2D eigenvalue weighted by atomic mass is 16.5. The highest BCUT2D eigenvalue weighted by molar-refractivity contribution is 5.86. The molecule has 1 rings (SSSR count). The topological polar surface area (TPSA) is 81.7 Å². The molecule has 1 N–H and O–H groups in total. The molecule has 108 valence electrons. The van der Waals surface area contributed by atoms with Crippen molar-refractivity contribution in [3.63, 3.8) is 0 Å². The minimum atomic E-state index is -0.756. The molecule has 1 fully saturated rings. The Bertz CT molecular complexity index is 336. The fourth-order valence-corrected chi connectivity index (χ4v) is 1.90. The molecule has 0 spiro atoms. The van der Waals surface area contributed by atoms with Crippen molar-refractivity contribution in [2.24, 2.45) is 5.92 Å². The molecule has 2 atom stereocenters. The summed E-state index contributed by atoms with van der Waals surface area (Å²) >= 11 is 0. The standard InChI is InChI=1S/C13H21NO5/c1-3-10(15)4-5-11(13(17)18-2)14-12(16)9-6-7-19-8-9/h9,11H,3-8H2,1-2H3,(H,14,16)/t9-,11+/m0/s1. The van der Waals surface area contributed by atoms with E-state index < -0.39 is 12.0 Å². The van der Waals surface area contributed by atoms with Gasteiger partial charge in [0.05, 0.1) is 19.6 Å². The second kappa shape index (κ2) is 7.89. The number of carbonyl (C=O) groups excluding carboxylic acids is 3. The molecule has 1 aliphatic heterocycles. The number of ketones is 1. The van der Waals surface area contributed by atoms with Crippen LogP contribution in [0.15, 0.2) is 0 Å². The molecule has 0 bridgehead atoms. The molecule has 6 nitrogen and oxygen atoms in total. The summed E-state index contributed by atoms with van der Waals surface area (Å²) in [5, 5.41) is 2.64. The van der Waals surface area contributed by atoms with Gasteiger partial charge in [0.2, 0.25) is 5.91 Å². The highest BCUT2D eigenvalue weighted by Gasteiger charge is 2.28. The largest absolute Gasteiger partial charge is 0.467 e. The summed E-state index contributed by atoms with van der Waals surface area (Å²) in [7, 11) is 1.27. The Kier molecular flexibility index (Phi) is 6.49. The first kappa shape index (κ1) is 15.6. The number of Topliss-reactive ketones (excluding diaryl/α,β-unsaturated/α-hetero) is 1. The van der Waals surface area contributed by atoms with E-state index in [0.717, 1.165) is 0 Å². The SMILES string of the molecule is CCC(=O)CC[C@@H](NC(=O)[C@H]1CCOC1)C(=O)OC. The molecule has 1 aliphatic rings. The van der Waals surface area contributed by atoms with Crippen molar-refractivity contribution in [2.75, 3.05) is 20.3 Å². The van der Waals surface area contributed by atoms with Gasteiger partial charge in [-0.1, -0.05) is 6.92 Å². The molecule has 0 aromatic heterocycles. The first-order chi connectivity index (χ1) is 9.08. The Morgan fingerprint density at radius 3 is 2.68 bits per heavy atom. The Morgan fingerprint density at radius 2 is 2.16 bits per heavy atom. The molecule has 0 aliphatic carbocycles. The van der Waals surface area contributed by atoms with E-state index >= 15 is 0 Å². The minimum absolute atomic E-state index is 0.0624. The minimum Gasteiger partial charge on any atom is -0.467 e. The Hall–Kier alpha value is -1.43. The number of hydrogen-bond donors (Lipinski definition) is 1. The molecule has 0 radical (unpaired) electrons. The van der Waals surface area contributed by atoms with Crippen LogP contribution in [0.4, 0.5) is 0 Å². The van der Waals surface area contributed by atoms with E-state index in [2.05, 4.69) is 10.1 Å². The molecule has 0 aromatic carbocycles. The summed E-state index contributed by atoms with van der Waals surface area (Å²) in [4.78, 5) is 34.8. The van der Waals surface area contributed by atoms with E-state index in [1.54, 1.807) is 6.92 Å². The third-order valence-corrected chi connectivity index (χ3v) is 3.21. The lowest BCUT2D eigenvalue weighted by atomic mass is 10.0. The zero-order valence-electron chi connectivity index (χ0n) is 11.4. The second-order valence-electron chi connectivity index (χ2n) is 4.58. The van der Waals surface area contributed by atoms with Crippen LogP contribution in [0.1, 0.15) is 32.6 Å². The zero-order chi connectivity index (χ0) is 14.3. The lowest BCUT2D eigenvalue weighted by Crippen LogP contribution is -2.44. The van der Waals surface area contributed by atoms with Crippen LogP contribution in [-0.2, 0) is 23.9 Å². The average molecular weight is 271 g/mol. The molecule has 19 heavy (non-hydrogen) atoms. The van der Waals surface area contributed by atoms with Gasteiger partial charge in [0, 0.05) is 19.4 Å². The van der Waals surface area contributed by atoms with Gasteiger partial charge in [-0.25, -0.2) is 4.79 Å². The first-order valence-corrected chi connectivity index (χ1v) is 6.56. The van der Waals surface area contributed by atoms with Crippen LogP contribution in [0.3, 0.4) is 0 Å². The number of ether oxygens (including phenoxy) is 2. The van der Waals surface area contributed by atoms with Crippen molar-refractivity contribution < 1.29 is 23.9 Å². The van der Waals surface area contributed by atoms with Crippen LogP contribution in [0.5, 0.6) is 0 Å². The molecule has 1 saturated heterocycles. The number of esters is 1. The fourth-order valence-electron chi connectivity index (χ4n) is 1.90. The monoisotopic (exact) mass is 271 g/mol. The number of nitrogens with one attached hydrogen (secondary N) is 1. The van der Waals surface area contributed by atoms with Crippen LogP contribution >= 0.6 is 0 Å². The number of amides is 1. The van der Waals surface area contributed by atoms with Crippen molar-refractivity contribution >= 4 is 17.7 Å². The molecular formula is C13H21NO5. The molecule has 6 heteroatoms. The van der Waals surface area contributed by atoms with Crippen LogP contribution in [0.2, 0.25) is 0 Å². The van der Waals surface area contributed by atoms with Crippen LogP contribution < -0.4 is 5.32 Å². The molecule has 1 heterocycles. The van der Waals surface area contributed by atoms with Crippen LogP contribution in [0.25, 0.3) is 0 Å². The molecule has 0 unspecified atom stereocenters. The van der Waals surface area contributed by atoms with Gasteiger partial charge in [0.1, 0.15) is 11.8 Å². The number of methoxy groups -OCH3 is 1. The lowest BCUT2D eigenvalue weighted by molar-refractivity contribution is -0.146. The summed E-state index contributed by atoms with van der Waals surface area (Å²) in [6, 6.07) is -0.756. The number of carbonyl (C=O) groups is 3. The molecule has 0 saturated carbocycles. The number of rotatable bonds is 7. The van der Waals surface area contributed by atoms with Gasteiger partial charge in [-0.05, 0) is 12.8 Å². The molecule has 0 aromatic rings. The third-order valence-electron chi connectivity index (χ3n) is 3.21. The van der Waals surface area contributed by atoms with Crippen molar-refractivity contribution in [1.82, 2.24) is 5.32 Å². The maximum Gasteiger partial charge on any atom is 0.328 e. The summed E-state index contributed by atoms with van der Waals surface area (Å²) in [5.41, 5.74) is 0. The van der Waals surface area contributed by atoms with Gasteiger partial charge < -0.3 is 14.8 Å². The second-order valence-corrected chi connectivity index (χ2v) is 4.58. The Morgan fingerprint density at radius 1 is 1.42 bits per heavy atom. The summed E-state index contributed by atoms with van der Waals surface area (Å²) in [6.07, 6.45) is 1.63. The van der Waals surface area contributed by atoms with Gasteiger partial charge in [-0.3, -0.25) is 9.59 Å². The van der Waals surface area contributed by atoms with Crippen molar-refractivity contribution in [2.45, 2.75) is 38.6 Å². The van der Waals surface area contributed by atoms with Crippen LogP contribution in [0, 0.1) is 5.92 Å². The van der Waals surface area contributed by atoms with Gasteiger partial charge >= 0.3 is 5.97 Å². The fraction of sp³-hybridized carbons (Fsp3) is 0.769. The lowest BCUT2D eigenvalue weighted by Gasteiger charge is -2.18. The van der Waals surface area contributed by atoms with Crippen molar-refractivity contribution in [1.29, 1.82) is 0 Å². The van der Waals surface area contributed by atoms with E-state index in [1.807, 2.05) is 0 Å². The van der Waals surface area contributed by atoms with Gasteiger partial charge in [-0.15, -0.1) is 0 Å². The molecule has 1 amide bonds. The normalized spacial score (nSPS) is 19.8. The highest BCUT2D eigenvalue weighted by Crippen LogP contribution is 2.13. The van der Waals surface area contributed by atoms with E-state index in [1.165, 1.54) is 7.11 Å². The Labute approximate surface area is 112 Å². The smallest absolute Gasteiger partial charge is 0.328 e. The van der Waals surface area contributed by atoms with Gasteiger partial charge in [0.25, 0.3) is 0 Å². The van der Waals surface area contributed by atoms with E-state index in [0.29, 0.717) is 26.1 Å². The van der Waals surface area contributed by atoms with Crippen LogP contribution in [-0.4, -0.2) is 44.0 Å². The predicted octanol–water partition coefficient (Wildman–Crippen LogP) is 0.440. The molecular weight excluding hydrogens is 250 g/mol. The summed E-state index contributed by atoms with van der Waals surface area (Å²) in [5.74, 6) is -0.880. The first-order valence-electron chi connectivity index (χ1n) is 6.56. The maximum absolute atomic E-state index is 11.9. The predicted molar refractivity (Wildman–Crippen MR) is 67.4 cm³/mol.